The first-order valence-electron chi connectivity index (χ1n) is 6.25. The van der Waals surface area contributed by atoms with Crippen LogP contribution in [0.25, 0.3) is 0 Å². The van der Waals surface area contributed by atoms with E-state index >= 15 is 0 Å². The molecule has 1 N–H and O–H groups in total. The third-order valence-corrected chi connectivity index (χ3v) is 4.01. The molecule has 3 nitrogen and oxygen atoms in total. The zero-order valence-corrected chi connectivity index (χ0v) is 10.1. The van der Waals surface area contributed by atoms with E-state index in [1.54, 1.807) is 0 Å². The van der Waals surface area contributed by atoms with E-state index in [1.165, 1.54) is 38.8 Å². The molecule has 0 bridgehead atoms. The van der Waals surface area contributed by atoms with Gasteiger partial charge in [-0.25, -0.2) is 0 Å². The van der Waals surface area contributed by atoms with Gasteiger partial charge < -0.3 is 10.1 Å². The topological polar surface area (TPSA) is 24.5 Å². The molecule has 88 valence electrons. The number of nitrogens with zero attached hydrogens (tertiary/aromatic N) is 1. The van der Waals surface area contributed by atoms with E-state index in [0.29, 0.717) is 11.6 Å². The summed E-state index contributed by atoms with van der Waals surface area (Å²) in [5, 5.41) is 3.41. The maximum Gasteiger partial charge on any atom is 0.0647 e. The predicted octanol–water partition coefficient (Wildman–Crippen LogP) is 1.24. The lowest BCUT2D eigenvalue weighted by Crippen LogP contribution is -2.57. The van der Waals surface area contributed by atoms with E-state index in [4.69, 9.17) is 4.74 Å². The minimum absolute atomic E-state index is 0.299. The van der Waals surface area contributed by atoms with Crippen molar-refractivity contribution in [2.45, 2.75) is 44.2 Å². The second-order valence-corrected chi connectivity index (χ2v) is 5.23. The predicted molar refractivity (Wildman–Crippen MR) is 62.1 cm³/mol. The zero-order valence-electron chi connectivity index (χ0n) is 10.1. The number of hydrogen-bond donors (Lipinski definition) is 1. The standard InChI is InChI=1S/C12H24N2O/c1-12(6-4-8-15-10-12)14-7-3-5-11(9-14)13-2/h11,13H,3-10H2,1-2H3. The van der Waals surface area contributed by atoms with Gasteiger partial charge in [-0.05, 0) is 46.2 Å². The van der Waals surface area contributed by atoms with Crippen molar-refractivity contribution in [2.75, 3.05) is 33.4 Å². The Balaban J connectivity index is 1.95. The summed E-state index contributed by atoms with van der Waals surface area (Å²) in [5.41, 5.74) is 0.299. The molecule has 0 radical (unpaired) electrons. The smallest absolute Gasteiger partial charge is 0.0647 e. The Bertz CT molecular complexity index is 202. The monoisotopic (exact) mass is 212 g/mol. The van der Waals surface area contributed by atoms with E-state index in [1.807, 2.05) is 0 Å². The van der Waals surface area contributed by atoms with Gasteiger partial charge in [-0.3, -0.25) is 4.90 Å². The first-order valence-corrected chi connectivity index (χ1v) is 6.25. The Labute approximate surface area is 93.2 Å². The molecule has 2 atom stereocenters. The molecule has 2 aliphatic rings. The summed E-state index contributed by atoms with van der Waals surface area (Å²) in [5.74, 6) is 0. The highest BCUT2D eigenvalue weighted by molar-refractivity contribution is 4.92. The molecule has 0 aliphatic carbocycles. The summed E-state index contributed by atoms with van der Waals surface area (Å²) in [6.45, 7) is 6.68. The Morgan fingerprint density at radius 3 is 2.93 bits per heavy atom. The van der Waals surface area contributed by atoms with Crippen molar-refractivity contribution in [1.29, 1.82) is 0 Å². The fourth-order valence-electron chi connectivity index (χ4n) is 2.87. The molecule has 0 aromatic carbocycles. The molecular weight excluding hydrogens is 188 g/mol. The van der Waals surface area contributed by atoms with Crippen LogP contribution in [-0.4, -0.2) is 49.8 Å². The Morgan fingerprint density at radius 1 is 1.40 bits per heavy atom. The number of rotatable bonds is 2. The first kappa shape index (κ1) is 11.4. The number of likely N-dealkylation sites (N-methyl/N-ethyl adjacent to an activating group) is 1. The largest absolute Gasteiger partial charge is 0.380 e. The van der Waals surface area contributed by atoms with Gasteiger partial charge in [0, 0.05) is 24.7 Å². The van der Waals surface area contributed by atoms with Crippen molar-refractivity contribution >= 4 is 0 Å². The van der Waals surface area contributed by atoms with Crippen molar-refractivity contribution < 1.29 is 4.74 Å². The molecule has 0 amide bonds. The normalized spacial score (nSPS) is 39.2. The van der Waals surface area contributed by atoms with Gasteiger partial charge >= 0.3 is 0 Å². The lowest BCUT2D eigenvalue weighted by Gasteiger charge is -2.47. The number of ether oxygens (including phenoxy) is 1. The molecule has 2 heterocycles. The van der Waals surface area contributed by atoms with Gasteiger partial charge in [-0.2, -0.15) is 0 Å². The summed E-state index contributed by atoms with van der Waals surface area (Å²) in [6, 6.07) is 0.678. The van der Waals surface area contributed by atoms with Crippen LogP contribution in [0.15, 0.2) is 0 Å². The fourth-order valence-corrected chi connectivity index (χ4v) is 2.87. The molecule has 2 unspecified atom stereocenters. The molecule has 0 aromatic heterocycles. The van der Waals surface area contributed by atoms with Crippen LogP contribution in [0, 0.1) is 0 Å². The minimum atomic E-state index is 0.299. The molecule has 2 saturated heterocycles. The van der Waals surface area contributed by atoms with Crippen molar-refractivity contribution in [3.8, 4) is 0 Å². The van der Waals surface area contributed by atoms with Crippen LogP contribution in [0.1, 0.15) is 32.6 Å². The summed E-state index contributed by atoms with van der Waals surface area (Å²) in [6.07, 6.45) is 5.16. The molecule has 15 heavy (non-hydrogen) atoms. The minimum Gasteiger partial charge on any atom is -0.380 e. The molecule has 0 aromatic rings. The lowest BCUT2D eigenvalue weighted by molar-refractivity contribution is -0.0506. The second kappa shape index (κ2) is 4.81. The van der Waals surface area contributed by atoms with Gasteiger partial charge in [0.1, 0.15) is 0 Å². The zero-order chi connectivity index (χ0) is 10.7. The maximum absolute atomic E-state index is 5.65. The van der Waals surface area contributed by atoms with Gasteiger partial charge in [0.05, 0.1) is 6.61 Å². The van der Waals surface area contributed by atoms with Crippen LogP contribution in [0.5, 0.6) is 0 Å². The molecule has 3 heteroatoms. The van der Waals surface area contributed by atoms with Gasteiger partial charge in [0.2, 0.25) is 0 Å². The number of nitrogens with one attached hydrogen (secondary N) is 1. The van der Waals surface area contributed by atoms with Crippen molar-refractivity contribution in [3.63, 3.8) is 0 Å². The number of piperidine rings is 1. The highest BCUT2D eigenvalue weighted by Gasteiger charge is 2.36. The molecular formula is C12H24N2O. The van der Waals surface area contributed by atoms with Crippen molar-refractivity contribution in [2.24, 2.45) is 0 Å². The highest BCUT2D eigenvalue weighted by Crippen LogP contribution is 2.28. The molecule has 0 spiro atoms. The Hall–Kier alpha value is -0.120. The second-order valence-electron chi connectivity index (χ2n) is 5.23. The maximum atomic E-state index is 5.65. The van der Waals surface area contributed by atoms with Crippen molar-refractivity contribution in [3.05, 3.63) is 0 Å². The average Bonchev–Trinajstić information content (AvgIpc) is 2.30. The summed E-state index contributed by atoms with van der Waals surface area (Å²) in [4.78, 5) is 2.64. The van der Waals surface area contributed by atoms with E-state index < -0.39 is 0 Å². The third-order valence-electron chi connectivity index (χ3n) is 4.01. The van der Waals surface area contributed by atoms with Crippen LogP contribution in [0.3, 0.4) is 0 Å². The fraction of sp³-hybridized carbons (Fsp3) is 1.00. The van der Waals surface area contributed by atoms with Crippen LogP contribution in [-0.2, 0) is 4.74 Å². The van der Waals surface area contributed by atoms with Crippen LogP contribution >= 0.6 is 0 Å². The first-order chi connectivity index (χ1) is 7.24. The number of hydrogen-bond acceptors (Lipinski definition) is 3. The van der Waals surface area contributed by atoms with Gasteiger partial charge in [-0.15, -0.1) is 0 Å². The van der Waals surface area contributed by atoms with Crippen LogP contribution in [0.2, 0.25) is 0 Å². The Morgan fingerprint density at radius 2 is 2.27 bits per heavy atom. The summed E-state index contributed by atoms with van der Waals surface area (Å²) < 4.78 is 5.65. The quantitative estimate of drug-likeness (QED) is 0.745. The van der Waals surface area contributed by atoms with Crippen molar-refractivity contribution in [1.82, 2.24) is 10.2 Å². The van der Waals surface area contributed by atoms with E-state index in [2.05, 4.69) is 24.2 Å². The third kappa shape index (κ3) is 2.52. The Kier molecular flexibility index (Phi) is 3.65. The van der Waals surface area contributed by atoms with E-state index in [0.717, 1.165) is 13.2 Å². The average molecular weight is 212 g/mol. The SMILES string of the molecule is CNC1CCCN(C2(C)CCCOC2)C1. The molecule has 2 rings (SSSR count). The van der Waals surface area contributed by atoms with E-state index in [-0.39, 0.29) is 0 Å². The van der Waals surface area contributed by atoms with Gasteiger partial charge in [0.15, 0.2) is 0 Å². The molecule has 2 fully saturated rings. The molecule has 2 aliphatic heterocycles. The van der Waals surface area contributed by atoms with Gasteiger partial charge in [-0.1, -0.05) is 0 Å². The van der Waals surface area contributed by atoms with E-state index in [9.17, 15) is 0 Å². The van der Waals surface area contributed by atoms with Gasteiger partial charge in [0.25, 0.3) is 0 Å². The van der Waals surface area contributed by atoms with Crippen LogP contribution < -0.4 is 5.32 Å². The molecule has 0 saturated carbocycles. The summed E-state index contributed by atoms with van der Waals surface area (Å²) >= 11 is 0. The lowest BCUT2D eigenvalue weighted by atomic mass is 9.89. The summed E-state index contributed by atoms with van der Waals surface area (Å²) in [7, 11) is 2.08. The highest BCUT2D eigenvalue weighted by atomic mass is 16.5. The number of likely N-dealkylation sites (tertiary alicyclic amines) is 1. The van der Waals surface area contributed by atoms with Crippen LogP contribution in [0.4, 0.5) is 0 Å².